The van der Waals surface area contributed by atoms with Crippen molar-refractivity contribution in [2.75, 3.05) is 13.7 Å². The Balaban J connectivity index is 2.47. The van der Waals surface area contributed by atoms with Crippen LogP contribution < -0.4 is 0 Å². The van der Waals surface area contributed by atoms with Crippen LogP contribution in [-0.4, -0.2) is 50.1 Å². The van der Waals surface area contributed by atoms with E-state index in [1.807, 2.05) is 27.7 Å². The minimum Gasteiger partial charge on any atom is -0.465 e. The Bertz CT molecular complexity index is 571. The van der Waals surface area contributed by atoms with Crippen LogP contribution in [0.1, 0.15) is 86.5 Å². The second kappa shape index (κ2) is 15.4. The van der Waals surface area contributed by atoms with Crippen molar-refractivity contribution in [1.82, 2.24) is 0 Å². The molecule has 0 radical (unpaired) electrons. The average Bonchev–Trinajstić information content (AvgIpc) is 2.73. The van der Waals surface area contributed by atoms with Gasteiger partial charge in [0.15, 0.2) is 0 Å². The number of carbonyl (C=O) groups is 2. The van der Waals surface area contributed by atoms with Gasteiger partial charge in [-0.05, 0) is 31.6 Å². The van der Waals surface area contributed by atoms with E-state index in [2.05, 4.69) is 26.0 Å². The SMILES string of the molecule is CCC[C@@H](C[C@H](C[C@H](C)C[C@@H]1CC=C[C@H](CCOC(=O)C(C)C)O1)OC)OC(=O)C(C)C. The molecule has 1 rings (SSSR count). The second-order valence-electron chi connectivity index (χ2n) is 9.74. The number of ether oxygens (including phenoxy) is 4. The van der Waals surface area contributed by atoms with Gasteiger partial charge in [-0.15, -0.1) is 0 Å². The fourth-order valence-corrected chi connectivity index (χ4v) is 3.91. The zero-order valence-electron chi connectivity index (χ0n) is 21.3. The molecule has 0 aliphatic carbocycles. The van der Waals surface area contributed by atoms with E-state index in [0.717, 1.165) is 38.5 Å². The van der Waals surface area contributed by atoms with Crippen molar-refractivity contribution in [2.24, 2.45) is 17.8 Å². The van der Waals surface area contributed by atoms with Gasteiger partial charge in [-0.2, -0.15) is 0 Å². The molecule has 1 heterocycles. The summed E-state index contributed by atoms with van der Waals surface area (Å²) in [5, 5.41) is 0. The summed E-state index contributed by atoms with van der Waals surface area (Å²) in [6.07, 6.45) is 10.3. The molecule has 6 nitrogen and oxygen atoms in total. The largest absolute Gasteiger partial charge is 0.465 e. The van der Waals surface area contributed by atoms with Crippen molar-refractivity contribution >= 4 is 11.9 Å². The van der Waals surface area contributed by atoms with E-state index in [1.165, 1.54) is 0 Å². The molecule has 1 aliphatic heterocycles. The molecule has 32 heavy (non-hydrogen) atoms. The zero-order chi connectivity index (χ0) is 24.1. The molecule has 1 aliphatic rings. The summed E-state index contributed by atoms with van der Waals surface area (Å²) in [7, 11) is 1.74. The minimum absolute atomic E-state index is 0.0106. The molecular formula is C26H46O6. The minimum atomic E-state index is -0.166. The monoisotopic (exact) mass is 454 g/mol. The van der Waals surface area contributed by atoms with Gasteiger partial charge in [0.05, 0.1) is 36.8 Å². The Morgan fingerprint density at radius 2 is 1.72 bits per heavy atom. The third-order valence-corrected chi connectivity index (χ3v) is 5.79. The first-order valence-corrected chi connectivity index (χ1v) is 12.4. The van der Waals surface area contributed by atoms with Crippen molar-refractivity contribution in [3.05, 3.63) is 12.2 Å². The highest BCUT2D eigenvalue weighted by atomic mass is 16.5. The first-order chi connectivity index (χ1) is 15.2. The molecule has 0 saturated carbocycles. The maximum Gasteiger partial charge on any atom is 0.308 e. The molecule has 0 fully saturated rings. The predicted molar refractivity (Wildman–Crippen MR) is 126 cm³/mol. The van der Waals surface area contributed by atoms with Gasteiger partial charge in [-0.25, -0.2) is 0 Å². The third kappa shape index (κ3) is 11.5. The number of hydrogen-bond acceptors (Lipinski definition) is 6. The lowest BCUT2D eigenvalue weighted by atomic mass is 9.92. The maximum atomic E-state index is 12.0. The summed E-state index contributed by atoms with van der Waals surface area (Å²) in [4.78, 5) is 23.7. The molecule has 186 valence electrons. The second-order valence-corrected chi connectivity index (χ2v) is 9.74. The number of hydrogen-bond donors (Lipinski definition) is 0. The zero-order valence-corrected chi connectivity index (χ0v) is 21.3. The molecule has 0 N–H and O–H groups in total. The molecule has 0 aromatic rings. The van der Waals surface area contributed by atoms with E-state index >= 15 is 0 Å². The van der Waals surface area contributed by atoms with E-state index in [9.17, 15) is 9.59 Å². The van der Waals surface area contributed by atoms with Gasteiger partial charge in [-0.1, -0.05) is 60.1 Å². The van der Waals surface area contributed by atoms with Crippen LogP contribution in [0.25, 0.3) is 0 Å². The van der Waals surface area contributed by atoms with E-state index in [4.69, 9.17) is 18.9 Å². The first kappa shape index (κ1) is 28.6. The van der Waals surface area contributed by atoms with Crippen LogP contribution >= 0.6 is 0 Å². The van der Waals surface area contributed by atoms with E-state index in [-0.39, 0.29) is 48.2 Å². The summed E-state index contributed by atoms with van der Waals surface area (Å²) in [5.41, 5.74) is 0. The Labute approximate surface area is 195 Å². The molecule has 0 unspecified atom stereocenters. The van der Waals surface area contributed by atoms with Crippen molar-refractivity contribution in [2.45, 2.75) is 111 Å². The lowest BCUT2D eigenvalue weighted by molar-refractivity contribution is -0.155. The average molecular weight is 455 g/mol. The van der Waals surface area contributed by atoms with Crippen LogP contribution in [-0.2, 0) is 28.5 Å². The molecule has 0 spiro atoms. The molecule has 5 atom stereocenters. The molecule has 0 saturated heterocycles. The van der Waals surface area contributed by atoms with Gasteiger partial charge in [0.2, 0.25) is 0 Å². The van der Waals surface area contributed by atoms with Gasteiger partial charge in [0.25, 0.3) is 0 Å². The third-order valence-electron chi connectivity index (χ3n) is 5.79. The highest BCUT2D eigenvalue weighted by Crippen LogP contribution is 2.26. The van der Waals surface area contributed by atoms with Crippen LogP contribution in [0.4, 0.5) is 0 Å². The van der Waals surface area contributed by atoms with E-state index in [0.29, 0.717) is 18.9 Å². The summed E-state index contributed by atoms with van der Waals surface area (Å²) in [6, 6.07) is 0. The van der Waals surface area contributed by atoms with Gasteiger partial charge in [0, 0.05) is 20.0 Å². The van der Waals surface area contributed by atoms with Gasteiger partial charge >= 0.3 is 11.9 Å². The number of rotatable bonds is 15. The predicted octanol–water partition coefficient (Wildman–Crippen LogP) is 5.48. The quantitative estimate of drug-likeness (QED) is 0.241. The fraction of sp³-hybridized carbons (Fsp3) is 0.846. The number of esters is 2. The number of methoxy groups -OCH3 is 1. The summed E-state index contributed by atoms with van der Waals surface area (Å²) in [6.45, 7) is 12.1. The smallest absolute Gasteiger partial charge is 0.308 e. The highest BCUT2D eigenvalue weighted by Gasteiger charge is 2.25. The van der Waals surface area contributed by atoms with Gasteiger partial charge in [-0.3, -0.25) is 9.59 Å². The van der Waals surface area contributed by atoms with Crippen LogP contribution in [0.3, 0.4) is 0 Å². The van der Waals surface area contributed by atoms with E-state index in [1.54, 1.807) is 7.11 Å². The lowest BCUT2D eigenvalue weighted by Crippen LogP contribution is -2.30. The number of carbonyl (C=O) groups excluding carboxylic acids is 2. The molecule has 6 heteroatoms. The van der Waals surface area contributed by atoms with Crippen molar-refractivity contribution < 1.29 is 28.5 Å². The van der Waals surface area contributed by atoms with Gasteiger partial charge < -0.3 is 18.9 Å². The van der Waals surface area contributed by atoms with Crippen molar-refractivity contribution in [3.8, 4) is 0 Å². The summed E-state index contributed by atoms with van der Waals surface area (Å²) in [5.74, 6) is -0.114. The Kier molecular flexibility index (Phi) is 13.8. The maximum absolute atomic E-state index is 12.0. The lowest BCUT2D eigenvalue weighted by Gasteiger charge is -2.30. The van der Waals surface area contributed by atoms with Crippen LogP contribution in [0, 0.1) is 17.8 Å². The topological polar surface area (TPSA) is 71.1 Å². The Morgan fingerprint density at radius 3 is 2.31 bits per heavy atom. The fourth-order valence-electron chi connectivity index (χ4n) is 3.91. The molecule has 0 aromatic heterocycles. The first-order valence-electron chi connectivity index (χ1n) is 12.4. The molecule has 0 bridgehead atoms. The summed E-state index contributed by atoms with van der Waals surface area (Å²) >= 11 is 0. The van der Waals surface area contributed by atoms with Gasteiger partial charge in [0.1, 0.15) is 6.10 Å². The van der Waals surface area contributed by atoms with Crippen molar-refractivity contribution in [1.29, 1.82) is 0 Å². The molecular weight excluding hydrogens is 408 g/mol. The molecule has 0 aromatic carbocycles. The Morgan fingerprint density at radius 1 is 1.03 bits per heavy atom. The van der Waals surface area contributed by atoms with Crippen LogP contribution in [0.2, 0.25) is 0 Å². The standard InChI is InChI=1S/C26H46O6/c1-8-10-22(32-26(28)19(4)5)17-24(29-7)16-20(6)15-23-12-9-11-21(31-23)13-14-30-25(27)18(2)3/h9,11,18-24H,8,10,12-17H2,1-7H3/t20-,21-,22+,23+,24+/m1/s1. The normalized spacial score (nSPS) is 21.4. The van der Waals surface area contributed by atoms with Crippen molar-refractivity contribution in [3.63, 3.8) is 0 Å². The van der Waals surface area contributed by atoms with Crippen LogP contribution in [0.15, 0.2) is 12.2 Å². The summed E-state index contributed by atoms with van der Waals surface area (Å²) < 4.78 is 23.0. The van der Waals surface area contributed by atoms with Crippen LogP contribution in [0.5, 0.6) is 0 Å². The Hall–Kier alpha value is -1.40. The molecule has 0 amide bonds. The highest BCUT2D eigenvalue weighted by molar-refractivity contribution is 5.71. The van der Waals surface area contributed by atoms with E-state index < -0.39 is 0 Å².